The van der Waals surface area contributed by atoms with E-state index in [-0.39, 0.29) is 17.3 Å². The normalized spacial score (nSPS) is 11.9. The van der Waals surface area contributed by atoms with Gasteiger partial charge in [-0.2, -0.15) is 0 Å². The first-order chi connectivity index (χ1) is 7.54. The van der Waals surface area contributed by atoms with Gasteiger partial charge in [-0.15, -0.1) is 0 Å². The molecule has 6 nitrogen and oxygen atoms in total. The fraction of sp³-hybridized carbons (Fsp3) is 0.375. The van der Waals surface area contributed by atoms with Gasteiger partial charge >= 0.3 is 0 Å². The lowest BCUT2D eigenvalue weighted by Gasteiger charge is -2.16. The highest BCUT2D eigenvalue weighted by Gasteiger charge is 2.10. The van der Waals surface area contributed by atoms with Crippen molar-refractivity contribution in [1.82, 2.24) is 9.97 Å². The lowest BCUT2D eigenvalue weighted by molar-refractivity contribution is 0.156. The topological polar surface area (TPSA) is 87.6 Å². The lowest BCUT2D eigenvalue weighted by atomic mass is 10.4. The van der Waals surface area contributed by atoms with Crippen molar-refractivity contribution >= 4 is 11.7 Å². The molecule has 0 aliphatic carbocycles. The van der Waals surface area contributed by atoms with Gasteiger partial charge in [-0.25, -0.2) is 18.7 Å². The Morgan fingerprint density at radius 2 is 2.25 bits per heavy atom. The molecule has 0 saturated carbocycles. The van der Waals surface area contributed by atoms with Crippen molar-refractivity contribution in [2.75, 3.05) is 18.5 Å². The number of halogens is 2. The highest BCUT2D eigenvalue weighted by atomic mass is 19.3. The van der Waals surface area contributed by atoms with E-state index >= 15 is 0 Å². The predicted molar refractivity (Wildman–Crippen MR) is 53.8 cm³/mol. The van der Waals surface area contributed by atoms with Crippen LogP contribution in [0.3, 0.4) is 0 Å². The Bertz CT molecular complexity index is 367. The largest absolute Gasteiger partial charge is 0.409 e. The van der Waals surface area contributed by atoms with Crippen molar-refractivity contribution in [1.29, 1.82) is 0 Å². The summed E-state index contributed by atoms with van der Waals surface area (Å²) in [5.41, 5.74) is 5.44. The highest BCUT2D eigenvalue weighted by Crippen LogP contribution is 2.08. The monoisotopic (exact) mass is 231 g/mol. The van der Waals surface area contributed by atoms with E-state index in [0.29, 0.717) is 0 Å². The first kappa shape index (κ1) is 12.1. The molecule has 16 heavy (non-hydrogen) atoms. The van der Waals surface area contributed by atoms with E-state index in [1.807, 2.05) is 0 Å². The number of aromatic nitrogens is 2. The van der Waals surface area contributed by atoms with Gasteiger partial charge in [0.1, 0.15) is 11.5 Å². The molecule has 0 spiro atoms. The second-order valence-electron chi connectivity index (χ2n) is 3.02. The van der Waals surface area contributed by atoms with Crippen LogP contribution in [0.5, 0.6) is 0 Å². The summed E-state index contributed by atoms with van der Waals surface area (Å²) in [6, 6.07) is 0. The van der Waals surface area contributed by atoms with E-state index in [1.165, 1.54) is 24.3 Å². The van der Waals surface area contributed by atoms with Crippen LogP contribution in [0.1, 0.15) is 5.69 Å². The van der Waals surface area contributed by atoms with Crippen molar-refractivity contribution in [2.24, 2.45) is 10.9 Å². The number of hydrogen-bond acceptors (Lipinski definition) is 5. The van der Waals surface area contributed by atoms with Crippen LogP contribution in [0.15, 0.2) is 17.5 Å². The molecule has 0 radical (unpaired) electrons. The van der Waals surface area contributed by atoms with Crippen molar-refractivity contribution in [3.05, 3.63) is 18.1 Å². The molecule has 0 fully saturated rings. The average molecular weight is 231 g/mol. The number of amidine groups is 1. The molecule has 0 atom stereocenters. The summed E-state index contributed by atoms with van der Waals surface area (Å²) in [4.78, 5) is 8.93. The second-order valence-corrected chi connectivity index (χ2v) is 3.02. The van der Waals surface area contributed by atoms with E-state index in [9.17, 15) is 8.78 Å². The molecule has 0 amide bonds. The van der Waals surface area contributed by atoms with Crippen LogP contribution >= 0.6 is 0 Å². The van der Waals surface area contributed by atoms with Gasteiger partial charge in [0.2, 0.25) is 0 Å². The Kier molecular flexibility index (Phi) is 3.92. The van der Waals surface area contributed by atoms with E-state index < -0.39 is 13.0 Å². The van der Waals surface area contributed by atoms with Crippen LogP contribution in [0.25, 0.3) is 0 Å². The van der Waals surface area contributed by atoms with Crippen LogP contribution < -0.4 is 10.6 Å². The van der Waals surface area contributed by atoms with Gasteiger partial charge < -0.3 is 15.8 Å². The molecule has 0 saturated heterocycles. The molecule has 1 rings (SSSR count). The van der Waals surface area contributed by atoms with Crippen LogP contribution in [-0.2, 0) is 0 Å². The molecule has 1 aromatic heterocycles. The summed E-state index contributed by atoms with van der Waals surface area (Å²) in [5.74, 6) is 0.102. The number of anilines is 1. The second kappa shape index (κ2) is 5.19. The Morgan fingerprint density at radius 1 is 1.56 bits per heavy atom. The minimum Gasteiger partial charge on any atom is -0.409 e. The molecule has 1 aromatic rings. The van der Waals surface area contributed by atoms with Gasteiger partial charge in [0.25, 0.3) is 6.43 Å². The van der Waals surface area contributed by atoms with Crippen molar-refractivity contribution in [3.63, 3.8) is 0 Å². The molecule has 1 heterocycles. The standard InChI is InChI=1S/C8H11F2N5O/c1-15(4-6(9)10)7-3-12-5(2-13-7)8(11)14-16/h2-3,6,16H,4H2,1H3,(H2,11,14). The summed E-state index contributed by atoms with van der Waals surface area (Å²) in [5, 5.41) is 11.1. The molecule has 88 valence electrons. The third-order valence-corrected chi connectivity index (χ3v) is 1.81. The third kappa shape index (κ3) is 3.01. The summed E-state index contributed by atoms with van der Waals surface area (Å²) in [6.45, 7) is -0.433. The van der Waals surface area contributed by atoms with Crippen molar-refractivity contribution in [3.8, 4) is 0 Å². The quantitative estimate of drug-likeness (QED) is 0.336. The van der Waals surface area contributed by atoms with Crippen LogP contribution in [0, 0.1) is 0 Å². The number of oxime groups is 1. The van der Waals surface area contributed by atoms with Gasteiger partial charge in [0.05, 0.1) is 18.9 Å². The smallest absolute Gasteiger partial charge is 0.255 e. The Balaban J connectivity index is 2.78. The maximum atomic E-state index is 12.1. The summed E-state index contributed by atoms with van der Waals surface area (Å²) in [7, 11) is 1.47. The van der Waals surface area contributed by atoms with Gasteiger partial charge in [0.15, 0.2) is 5.84 Å². The lowest BCUT2D eigenvalue weighted by Crippen LogP contribution is -2.25. The Labute approximate surface area is 90.4 Å². The zero-order chi connectivity index (χ0) is 12.1. The van der Waals surface area contributed by atoms with Gasteiger partial charge in [0, 0.05) is 7.05 Å². The first-order valence-electron chi connectivity index (χ1n) is 4.33. The SMILES string of the molecule is CN(CC(F)F)c1cnc(C(N)=NO)cn1. The van der Waals surface area contributed by atoms with E-state index in [4.69, 9.17) is 10.9 Å². The number of rotatable bonds is 4. The van der Waals surface area contributed by atoms with Crippen LogP contribution in [-0.4, -0.2) is 41.0 Å². The molecular weight excluding hydrogens is 220 g/mol. The fourth-order valence-electron chi connectivity index (χ4n) is 1.00. The summed E-state index contributed by atoms with van der Waals surface area (Å²) >= 11 is 0. The molecule has 3 N–H and O–H groups in total. The number of alkyl halides is 2. The molecule has 0 aliphatic heterocycles. The highest BCUT2D eigenvalue weighted by molar-refractivity contribution is 5.94. The van der Waals surface area contributed by atoms with E-state index in [1.54, 1.807) is 0 Å². The van der Waals surface area contributed by atoms with Gasteiger partial charge in [-0.1, -0.05) is 5.16 Å². The van der Waals surface area contributed by atoms with Crippen LogP contribution in [0.4, 0.5) is 14.6 Å². The minimum atomic E-state index is -2.45. The molecule has 0 aliphatic rings. The number of nitrogens with zero attached hydrogens (tertiary/aromatic N) is 4. The Morgan fingerprint density at radius 3 is 2.69 bits per heavy atom. The van der Waals surface area contributed by atoms with Gasteiger partial charge in [-0.3, -0.25) is 0 Å². The van der Waals surface area contributed by atoms with E-state index in [2.05, 4.69) is 15.1 Å². The zero-order valence-corrected chi connectivity index (χ0v) is 8.51. The summed E-state index contributed by atoms with van der Waals surface area (Å²) < 4.78 is 24.1. The Hall–Kier alpha value is -1.99. The zero-order valence-electron chi connectivity index (χ0n) is 8.51. The number of hydrogen-bond donors (Lipinski definition) is 2. The van der Waals surface area contributed by atoms with Crippen LogP contribution in [0.2, 0.25) is 0 Å². The van der Waals surface area contributed by atoms with Crippen molar-refractivity contribution in [2.45, 2.75) is 6.43 Å². The molecule has 0 unspecified atom stereocenters. The number of nitrogens with two attached hydrogens (primary N) is 1. The molecule has 8 heteroatoms. The van der Waals surface area contributed by atoms with Crippen molar-refractivity contribution < 1.29 is 14.0 Å². The maximum absolute atomic E-state index is 12.1. The van der Waals surface area contributed by atoms with E-state index in [0.717, 1.165) is 0 Å². The first-order valence-corrected chi connectivity index (χ1v) is 4.33. The third-order valence-electron chi connectivity index (χ3n) is 1.81. The molecular formula is C8H11F2N5O. The minimum absolute atomic E-state index is 0.177. The summed E-state index contributed by atoms with van der Waals surface area (Å²) in [6.07, 6.45) is 0.0674. The predicted octanol–water partition coefficient (Wildman–Crippen LogP) is 0.272. The average Bonchev–Trinajstić information content (AvgIpc) is 2.27. The fourth-order valence-corrected chi connectivity index (χ4v) is 1.00. The van der Waals surface area contributed by atoms with Gasteiger partial charge in [-0.05, 0) is 0 Å². The molecule has 0 bridgehead atoms. The molecule has 0 aromatic carbocycles. The maximum Gasteiger partial charge on any atom is 0.255 e.